The quantitative estimate of drug-likeness (QED) is 0.178. The van der Waals surface area contributed by atoms with Crippen LogP contribution in [-0.4, -0.2) is 36.9 Å². The summed E-state index contributed by atoms with van der Waals surface area (Å²) in [5.41, 5.74) is 0.462. The van der Waals surface area contributed by atoms with Gasteiger partial charge in [-0.25, -0.2) is 9.59 Å². The lowest BCUT2D eigenvalue weighted by Gasteiger charge is -2.39. The van der Waals surface area contributed by atoms with Crippen molar-refractivity contribution >= 4 is 11.9 Å². The summed E-state index contributed by atoms with van der Waals surface area (Å²) >= 11 is 0. The van der Waals surface area contributed by atoms with Crippen LogP contribution in [0.25, 0.3) is 0 Å². The van der Waals surface area contributed by atoms with Crippen LogP contribution in [0.15, 0.2) is 24.3 Å². The molecule has 5 nitrogen and oxygen atoms in total. The van der Waals surface area contributed by atoms with Crippen molar-refractivity contribution in [2.75, 3.05) is 19.8 Å². The van der Waals surface area contributed by atoms with Crippen LogP contribution in [0.1, 0.15) is 97.3 Å². The Morgan fingerprint density at radius 1 is 0.912 bits per heavy atom. The molecule has 5 heteroatoms. The first kappa shape index (κ1) is 28.6. The van der Waals surface area contributed by atoms with E-state index in [1.54, 1.807) is 6.92 Å². The molecule has 2 fully saturated rings. The van der Waals surface area contributed by atoms with Crippen LogP contribution in [0.2, 0.25) is 0 Å². The summed E-state index contributed by atoms with van der Waals surface area (Å²) < 4.78 is 10.8. The first-order chi connectivity index (χ1) is 16.3. The summed E-state index contributed by atoms with van der Waals surface area (Å²) in [6, 6.07) is 0. The third kappa shape index (κ3) is 9.56. The molecule has 0 amide bonds. The van der Waals surface area contributed by atoms with E-state index in [0.717, 1.165) is 30.6 Å². The second-order valence-corrected chi connectivity index (χ2v) is 10.8. The van der Waals surface area contributed by atoms with E-state index in [-0.39, 0.29) is 24.1 Å². The Balaban J connectivity index is 1.82. The molecule has 0 radical (unpaired) electrons. The SMILES string of the molecule is C=C(C)C(=O)OCCC(COC(=O)C(=C)CO)C1CCC(C2CCC(CCCCC)CC2)CC1. The van der Waals surface area contributed by atoms with Crippen molar-refractivity contribution in [1.82, 2.24) is 0 Å². The van der Waals surface area contributed by atoms with Crippen LogP contribution in [0.3, 0.4) is 0 Å². The van der Waals surface area contributed by atoms with E-state index < -0.39 is 12.6 Å². The normalized spacial score (nSPS) is 25.9. The average molecular weight is 477 g/mol. The Bertz CT molecular complexity index is 653. The number of aliphatic hydroxyl groups excluding tert-OH is 1. The first-order valence-corrected chi connectivity index (χ1v) is 13.6. The van der Waals surface area contributed by atoms with Crippen LogP contribution in [0.4, 0.5) is 0 Å². The fourth-order valence-corrected chi connectivity index (χ4v) is 5.95. The topological polar surface area (TPSA) is 72.8 Å². The molecule has 2 aliphatic carbocycles. The summed E-state index contributed by atoms with van der Waals surface area (Å²) in [5, 5.41) is 9.13. The van der Waals surface area contributed by atoms with Crippen molar-refractivity contribution < 1.29 is 24.2 Å². The molecule has 1 atom stereocenters. The monoisotopic (exact) mass is 476 g/mol. The molecule has 2 saturated carbocycles. The zero-order valence-corrected chi connectivity index (χ0v) is 21.7. The predicted molar refractivity (Wildman–Crippen MR) is 136 cm³/mol. The number of aliphatic hydroxyl groups is 1. The third-order valence-electron chi connectivity index (χ3n) is 8.24. The maximum absolute atomic E-state index is 12.0. The van der Waals surface area contributed by atoms with Crippen molar-refractivity contribution in [1.29, 1.82) is 0 Å². The van der Waals surface area contributed by atoms with Gasteiger partial charge in [-0.3, -0.25) is 0 Å². The van der Waals surface area contributed by atoms with Crippen molar-refractivity contribution in [3.05, 3.63) is 24.3 Å². The minimum Gasteiger partial charge on any atom is -0.462 e. The van der Waals surface area contributed by atoms with Gasteiger partial charge in [-0.2, -0.15) is 0 Å². The van der Waals surface area contributed by atoms with Crippen molar-refractivity contribution in [3.63, 3.8) is 0 Å². The van der Waals surface area contributed by atoms with Gasteiger partial charge in [-0.15, -0.1) is 0 Å². The lowest BCUT2D eigenvalue weighted by Crippen LogP contribution is -2.31. The number of unbranched alkanes of at least 4 members (excludes halogenated alkanes) is 2. The van der Waals surface area contributed by atoms with Crippen molar-refractivity contribution in [2.24, 2.45) is 29.6 Å². The van der Waals surface area contributed by atoms with E-state index in [1.807, 2.05) is 0 Å². The molecule has 0 spiro atoms. The molecule has 34 heavy (non-hydrogen) atoms. The van der Waals surface area contributed by atoms with Crippen LogP contribution in [0.5, 0.6) is 0 Å². The lowest BCUT2D eigenvalue weighted by atomic mass is 9.67. The number of esters is 2. The highest BCUT2D eigenvalue weighted by Gasteiger charge is 2.33. The highest BCUT2D eigenvalue weighted by Crippen LogP contribution is 2.44. The van der Waals surface area contributed by atoms with E-state index in [4.69, 9.17) is 14.6 Å². The minimum atomic E-state index is -0.546. The summed E-state index contributed by atoms with van der Waals surface area (Å²) in [6.07, 6.45) is 16.6. The summed E-state index contributed by atoms with van der Waals surface area (Å²) in [5.74, 6) is 2.34. The summed E-state index contributed by atoms with van der Waals surface area (Å²) in [4.78, 5) is 23.8. The van der Waals surface area contributed by atoms with Gasteiger partial charge in [0.15, 0.2) is 0 Å². The van der Waals surface area contributed by atoms with E-state index in [0.29, 0.717) is 24.5 Å². The van der Waals surface area contributed by atoms with Gasteiger partial charge in [-0.05, 0) is 81.5 Å². The molecule has 1 unspecified atom stereocenters. The molecule has 0 aromatic heterocycles. The Kier molecular flexibility index (Phi) is 13.0. The molecule has 0 aromatic rings. The second kappa shape index (κ2) is 15.4. The highest BCUT2D eigenvalue weighted by atomic mass is 16.5. The molecule has 194 valence electrons. The van der Waals surface area contributed by atoms with Gasteiger partial charge in [0.05, 0.1) is 25.4 Å². The molecule has 0 aliphatic heterocycles. The Morgan fingerprint density at radius 3 is 2.09 bits per heavy atom. The van der Waals surface area contributed by atoms with Gasteiger partial charge in [0, 0.05) is 5.57 Å². The minimum absolute atomic E-state index is 0.0708. The predicted octanol–water partition coefficient (Wildman–Crippen LogP) is 6.40. The number of carbonyl (C=O) groups excluding carboxylic acids is 2. The fourth-order valence-electron chi connectivity index (χ4n) is 5.95. The molecule has 0 aromatic carbocycles. The molecule has 0 bridgehead atoms. The van der Waals surface area contributed by atoms with E-state index >= 15 is 0 Å². The smallest absolute Gasteiger partial charge is 0.335 e. The first-order valence-electron chi connectivity index (χ1n) is 13.6. The van der Waals surface area contributed by atoms with Crippen LogP contribution in [0, 0.1) is 29.6 Å². The van der Waals surface area contributed by atoms with Crippen LogP contribution < -0.4 is 0 Å². The maximum Gasteiger partial charge on any atom is 0.335 e. The Labute approximate surface area is 207 Å². The number of rotatable bonds is 14. The fraction of sp³-hybridized carbons (Fsp3) is 0.793. The van der Waals surface area contributed by atoms with Gasteiger partial charge in [0.1, 0.15) is 0 Å². The highest BCUT2D eigenvalue weighted by molar-refractivity contribution is 5.88. The van der Waals surface area contributed by atoms with Gasteiger partial charge >= 0.3 is 11.9 Å². The Hall–Kier alpha value is -1.62. The van der Waals surface area contributed by atoms with E-state index in [2.05, 4.69) is 20.1 Å². The molecule has 2 aliphatic rings. The lowest BCUT2D eigenvalue weighted by molar-refractivity contribution is -0.144. The molecule has 1 N–H and O–H groups in total. The molecule has 2 rings (SSSR count). The number of ether oxygens (including phenoxy) is 2. The number of hydrogen-bond donors (Lipinski definition) is 1. The van der Waals surface area contributed by atoms with Gasteiger partial charge in [0.25, 0.3) is 0 Å². The molecule has 0 saturated heterocycles. The average Bonchev–Trinajstić information content (AvgIpc) is 2.85. The van der Waals surface area contributed by atoms with Crippen LogP contribution in [-0.2, 0) is 19.1 Å². The number of hydrogen-bond acceptors (Lipinski definition) is 5. The molecular weight excluding hydrogens is 428 g/mol. The van der Waals surface area contributed by atoms with Gasteiger partial charge in [-0.1, -0.05) is 58.6 Å². The third-order valence-corrected chi connectivity index (χ3v) is 8.24. The maximum atomic E-state index is 12.0. The number of carbonyl (C=O) groups is 2. The van der Waals surface area contributed by atoms with E-state index in [1.165, 1.54) is 64.2 Å². The van der Waals surface area contributed by atoms with Crippen LogP contribution >= 0.6 is 0 Å². The van der Waals surface area contributed by atoms with Crippen molar-refractivity contribution in [2.45, 2.75) is 97.3 Å². The zero-order valence-electron chi connectivity index (χ0n) is 21.7. The standard InChI is InChI=1S/C29H48O5/c1-5-6-7-8-23-9-11-24(12-10-23)25-13-15-26(16-14-25)27(17-18-33-28(31)21(2)3)20-34-29(32)22(4)19-30/h23-27,30H,2,4-20H2,1,3H3. The second-order valence-electron chi connectivity index (χ2n) is 10.8. The largest absolute Gasteiger partial charge is 0.462 e. The van der Waals surface area contributed by atoms with Crippen molar-refractivity contribution in [3.8, 4) is 0 Å². The summed E-state index contributed by atoms with van der Waals surface area (Å²) in [6.45, 7) is 11.3. The van der Waals surface area contributed by atoms with Gasteiger partial charge in [0.2, 0.25) is 0 Å². The summed E-state index contributed by atoms with van der Waals surface area (Å²) in [7, 11) is 0. The Morgan fingerprint density at radius 2 is 1.53 bits per heavy atom. The molecular formula is C29H48O5. The van der Waals surface area contributed by atoms with E-state index in [9.17, 15) is 9.59 Å². The zero-order chi connectivity index (χ0) is 24.9. The van der Waals surface area contributed by atoms with Gasteiger partial charge < -0.3 is 14.6 Å². The molecule has 0 heterocycles.